The zero-order valence-electron chi connectivity index (χ0n) is 14.0. The van der Waals surface area contributed by atoms with Gasteiger partial charge in [0.05, 0.1) is 29.0 Å². The number of aliphatic imine (C=N–C) groups is 1. The first kappa shape index (κ1) is 19.8. The van der Waals surface area contributed by atoms with Crippen LogP contribution >= 0.6 is 11.6 Å². The maximum atomic E-state index is 11.9. The van der Waals surface area contributed by atoms with Gasteiger partial charge in [0, 0.05) is 6.21 Å². The molecule has 7 heteroatoms. The Morgan fingerprint density at radius 2 is 1.96 bits per heavy atom. The maximum Gasteiger partial charge on any atom is 0.339 e. The average molecular weight is 354 g/mol. The molecule has 130 valence electrons. The van der Waals surface area contributed by atoms with Crippen molar-refractivity contribution in [2.24, 2.45) is 10.9 Å². The van der Waals surface area contributed by atoms with E-state index in [4.69, 9.17) is 21.1 Å². The average Bonchev–Trinajstić information content (AvgIpc) is 2.48. The third-order valence-electron chi connectivity index (χ3n) is 2.88. The minimum Gasteiger partial charge on any atom is -0.462 e. The Balaban J connectivity index is 3.07. The molecule has 6 nitrogen and oxygen atoms in total. The van der Waals surface area contributed by atoms with Crippen LogP contribution in [0, 0.1) is 5.92 Å². The summed E-state index contributed by atoms with van der Waals surface area (Å²) in [5.74, 6) is -2.78. The van der Waals surface area contributed by atoms with Crippen molar-refractivity contribution in [3.63, 3.8) is 0 Å². The molecule has 0 bridgehead atoms. The zero-order chi connectivity index (χ0) is 18.3. The Hall–Kier alpha value is -2.21. The summed E-state index contributed by atoms with van der Waals surface area (Å²) in [6, 6.07) is 4.65. The second kappa shape index (κ2) is 9.17. The van der Waals surface area contributed by atoms with E-state index in [0.29, 0.717) is 0 Å². The van der Waals surface area contributed by atoms with E-state index in [9.17, 15) is 14.4 Å². The monoisotopic (exact) mass is 353 g/mol. The van der Waals surface area contributed by atoms with Crippen molar-refractivity contribution >= 4 is 41.2 Å². The summed E-state index contributed by atoms with van der Waals surface area (Å²) in [5.41, 5.74) is 0.420. The highest BCUT2D eigenvalue weighted by Crippen LogP contribution is 2.29. The lowest BCUT2D eigenvalue weighted by Gasteiger charge is -2.12. The number of hydrogen-bond donors (Lipinski definition) is 0. The SMILES string of the molecule is CCOC(=O)c1cccc(N=CC(C(C)=O)C(=O)OC(C)C)c1Cl. The Kier molecular flexibility index (Phi) is 7.58. The fourth-order valence-corrected chi connectivity index (χ4v) is 2.03. The highest BCUT2D eigenvalue weighted by molar-refractivity contribution is 6.36. The second-order valence-electron chi connectivity index (χ2n) is 5.21. The first-order valence-corrected chi connectivity index (χ1v) is 7.86. The van der Waals surface area contributed by atoms with Gasteiger partial charge in [-0.2, -0.15) is 0 Å². The molecule has 0 saturated carbocycles. The predicted molar refractivity (Wildman–Crippen MR) is 91.0 cm³/mol. The highest BCUT2D eigenvalue weighted by Gasteiger charge is 2.24. The molecule has 1 atom stereocenters. The topological polar surface area (TPSA) is 82.0 Å². The molecule has 0 heterocycles. The quantitative estimate of drug-likeness (QED) is 0.426. The summed E-state index contributed by atoms with van der Waals surface area (Å²) in [4.78, 5) is 39.4. The summed E-state index contributed by atoms with van der Waals surface area (Å²) >= 11 is 6.15. The number of ether oxygens (including phenoxy) is 2. The van der Waals surface area contributed by atoms with E-state index in [-0.39, 0.29) is 29.0 Å². The Morgan fingerprint density at radius 1 is 1.29 bits per heavy atom. The molecule has 0 spiro atoms. The number of nitrogens with zero attached hydrogens (tertiary/aromatic N) is 1. The summed E-state index contributed by atoms with van der Waals surface area (Å²) in [6.45, 7) is 6.55. The highest BCUT2D eigenvalue weighted by atomic mass is 35.5. The van der Waals surface area contributed by atoms with Crippen LogP contribution in [0.3, 0.4) is 0 Å². The molecule has 0 aliphatic rings. The van der Waals surface area contributed by atoms with Crippen molar-refractivity contribution in [1.29, 1.82) is 0 Å². The van der Waals surface area contributed by atoms with Gasteiger partial charge in [0.1, 0.15) is 5.78 Å². The second-order valence-corrected chi connectivity index (χ2v) is 5.59. The third-order valence-corrected chi connectivity index (χ3v) is 3.28. The van der Waals surface area contributed by atoms with Crippen LogP contribution in [0.1, 0.15) is 38.1 Å². The van der Waals surface area contributed by atoms with Gasteiger partial charge in [-0.1, -0.05) is 17.7 Å². The molecule has 1 rings (SSSR count). The number of benzene rings is 1. The van der Waals surface area contributed by atoms with Crippen molar-refractivity contribution < 1.29 is 23.9 Å². The smallest absolute Gasteiger partial charge is 0.339 e. The number of Topliss-reactive ketones (excluding diaryl/α,β-unsaturated/α-hetero) is 1. The number of esters is 2. The van der Waals surface area contributed by atoms with Crippen LogP contribution in [0.2, 0.25) is 5.02 Å². The van der Waals surface area contributed by atoms with E-state index in [1.807, 2.05) is 0 Å². The van der Waals surface area contributed by atoms with E-state index >= 15 is 0 Å². The van der Waals surface area contributed by atoms with Crippen LogP contribution in [0.5, 0.6) is 0 Å². The van der Waals surface area contributed by atoms with Gasteiger partial charge in [-0.3, -0.25) is 14.6 Å². The summed E-state index contributed by atoms with van der Waals surface area (Å²) < 4.78 is 9.93. The number of rotatable bonds is 7. The molecule has 0 fully saturated rings. The van der Waals surface area contributed by atoms with Crippen molar-refractivity contribution in [2.75, 3.05) is 6.61 Å². The molecule has 0 radical (unpaired) electrons. The Bertz CT molecular complexity index is 654. The van der Waals surface area contributed by atoms with Gasteiger partial charge in [0.25, 0.3) is 0 Å². The van der Waals surface area contributed by atoms with Gasteiger partial charge in [-0.15, -0.1) is 0 Å². The van der Waals surface area contributed by atoms with Crippen LogP contribution in [-0.2, 0) is 19.1 Å². The van der Waals surface area contributed by atoms with Crippen LogP contribution in [0.25, 0.3) is 0 Å². The van der Waals surface area contributed by atoms with Gasteiger partial charge in [0.2, 0.25) is 0 Å². The molecular formula is C17H20ClNO5. The fraction of sp³-hybridized carbons (Fsp3) is 0.412. The lowest BCUT2D eigenvalue weighted by molar-refractivity contribution is -0.151. The Morgan fingerprint density at radius 3 is 2.50 bits per heavy atom. The van der Waals surface area contributed by atoms with Crippen molar-refractivity contribution in [1.82, 2.24) is 0 Å². The van der Waals surface area contributed by atoms with Gasteiger partial charge in [-0.25, -0.2) is 4.79 Å². The first-order valence-electron chi connectivity index (χ1n) is 7.48. The zero-order valence-corrected chi connectivity index (χ0v) is 14.8. The predicted octanol–water partition coefficient (Wildman–Crippen LogP) is 3.38. The molecular weight excluding hydrogens is 334 g/mol. The van der Waals surface area contributed by atoms with Gasteiger partial charge in [0.15, 0.2) is 5.92 Å². The standard InChI is InChI=1S/C17H20ClNO5/c1-5-23-16(21)12-7-6-8-14(15(12)18)19-9-13(11(4)20)17(22)24-10(2)3/h6-10,13H,5H2,1-4H3. The van der Waals surface area contributed by atoms with E-state index in [0.717, 1.165) is 0 Å². The summed E-state index contributed by atoms with van der Waals surface area (Å²) in [7, 11) is 0. The first-order chi connectivity index (χ1) is 11.3. The van der Waals surface area contributed by atoms with Crippen molar-refractivity contribution in [3.05, 3.63) is 28.8 Å². The third kappa shape index (κ3) is 5.45. The lowest BCUT2D eigenvalue weighted by Crippen LogP contribution is -2.27. The normalized spacial score (nSPS) is 12.2. The van der Waals surface area contributed by atoms with E-state index in [1.54, 1.807) is 32.9 Å². The summed E-state index contributed by atoms with van der Waals surface area (Å²) in [5, 5.41) is 0.0896. The van der Waals surface area contributed by atoms with Crippen molar-refractivity contribution in [2.45, 2.75) is 33.8 Å². The van der Waals surface area contributed by atoms with Crippen LogP contribution < -0.4 is 0 Å². The molecule has 0 amide bonds. The van der Waals surface area contributed by atoms with E-state index in [2.05, 4.69) is 4.99 Å². The Labute approximate surface area is 145 Å². The van der Waals surface area contributed by atoms with Gasteiger partial charge in [-0.05, 0) is 39.8 Å². The molecule has 0 aromatic heterocycles. The molecule has 1 unspecified atom stereocenters. The molecule has 24 heavy (non-hydrogen) atoms. The number of carbonyl (C=O) groups is 3. The van der Waals surface area contributed by atoms with E-state index < -0.39 is 23.6 Å². The molecule has 1 aromatic carbocycles. The molecule has 0 saturated heterocycles. The number of ketones is 1. The van der Waals surface area contributed by atoms with Gasteiger partial charge < -0.3 is 9.47 Å². The lowest BCUT2D eigenvalue weighted by atomic mass is 10.1. The minimum atomic E-state index is -1.13. The molecule has 0 N–H and O–H groups in total. The number of hydrogen-bond acceptors (Lipinski definition) is 6. The largest absolute Gasteiger partial charge is 0.462 e. The molecule has 0 aliphatic carbocycles. The van der Waals surface area contributed by atoms with Gasteiger partial charge >= 0.3 is 11.9 Å². The fourth-order valence-electron chi connectivity index (χ4n) is 1.78. The van der Waals surface area contributed by atoms with Crippen LogP contribution in [-0.4, -0.2) is 36.6 Å². The van der Waals surface area contributed by atoms with E-state index in [1.165, 1.54) is 19.2 Å². The minimum absolute atomic E-state index is 0.0896. The van der Waals surface area contributed by atoms with Crippen LogP contribution in [0.15, 0.2) is 23.2 Å². The maximum absolute atomic E-state index is 11.9. The molecule has 0 aliphatic heterocycles. The van der Waals surface area contributed by atoms with Crippen molar-refractivity contribution in [3.8, 4) is 0 Å². The molecule has 1 aromatic rings. The number of halogens is 1. The van der Waals surface area contributed by atoms with Crippen LogP contribution in [0.4, 0.5) is 5.69 Å². The summed E-state index contributed by atoms with van der Waals surface area (Å²) in [6.07, 6.45) is 0.826. The number of carbonyl (C=O) groups excluding carboxylic acids is 3.